The number of hydrogen-bond donors (Lipinski definition) is 1. The lowest BCUT2D eigenvalue weighted by Crippen LogP contribution is -2.57. The van der Waals surface area contributed by atoms with E-state index < -0.39 is 10.0 Å². The van der Waals surface area contributed by atoms with Gasteiger partial charge in [0.25, 0.3) is 5.91 Å². The molecule has 2 saturated heterocycles. The number of sulfonamides is 1. The molecule has 0 radical (unpaired) electrons. The van der Waals surface area contributed by atoms with E-state index in [1.165, 1.54) is 12.5 Å². The highest BCUT2D eigenvalue weighted by atomic mass is 32.2. The van der Waals surface area contributed by atoms with Gasteiger partial charge in [0.1, 0.15) is 5.76 Å². The van der Waals surface area contributed by atoms with Gasteiger partial charge in [-0.05, 0) is 37.7 Å². The number of piperidine rings is 1. The molecule has 3 heterocycles. The van der Waals surface area contributed by atoms with E-state index in [4.69, 9.17) is 9.15 Å². The summed E-state index contributed by atoms with van der Waals surface area (Å²) in [6, 6.07) is 1.47. The fraction of sp³-hybridized carbons (Fsp3) is 0.688. The number of nitrogens with one attached hydrogen (secondary N) is 1. The smallest absolute Gasteiger partial charge is 0.257 e. The highest BCUT2D eigenvalue weighted by Crippen LogP contribution is 2.41. The number of carbonyl (C=O) groups is 1. The number of likely N-dealkylation sites (tertiary alicyclic amines) is 1. The molecular weight excluding hydrogens is 332 g/mol. The molecule has 1 amide bonds. The van der Waals surface area contributed by atoms with Crippen LogP contribution >= 0.6 is 0 Å². The van der Waals surface area contributed by atoms with Crippen molar-refractivity contribution in [1.29, 1.82) is 0 Å². The molecule has 0 bridgehead atoms. The molecule has 2 fully saturated rings. The molecule has 0 aliphatic carbocycles. The first-order chi connectivity index (χ1) is 11.3. The number of hydrogen-bond acceptors (Lipinski definition) is 5. The number of aryl methyl sites for hydroxylation is 1. The van der Waals surface area contributed by atoms with Gasteiger partial charge in [0.2, 0.25) is 10.0 Å². The lowest BCUT2D eigenvalue weighted by molar-refractivity contribution is -0.0400. The van der Waals surface area contributed by atoms with Crippen molar-refractivity contribution in [2.75, 3.05) is 32.6 Å². The molecule has 7 nitrogen and oxygen atoms in total. The van der Waals surface area contributed by atoms with Crippen LogP contribution in [0.25, 0.3) is 0 Å². The molecule has 8 heteroatoms. The molecule has 24 heavy (non-hydrogen) atoms. The topological polar surface area (TPSA) is 88.8 Å². The van der Waals surface area contributed by atoms with E-state index in [0.29, 0.717) is 37.6 Å². The highest BCUT2D eigenvalue weighted by Gasteiger charge is 2.45. The first kappa shape index (κ1) is 17.4. The quantitative estimate of drug-likeness (QED) is 0.878. The molecule has 1 aromatic heterocycles. The van der Waals surface area contributed by atoms with Gasteiger partial charge < -0.3 is 14.1 Å². The van der Waals surface area contributed by atoms with Crippen molar-refractivity contribution in [3.05, 3.63) is 23.7 Å². The predicted molar refractivity (Wildman–Crippen MR) is 88.2 cm³/mol. The molecule has 1 atom stereocenters. The Hall–Kier alpha value is -1.38. The van der Waals surface area contributed by atoms with Crippen molar-refractivity contribution in [2.24, 2.45) is 5.41 Å². The van der Waals surface area contributed by atoms with Crippen LogP contribution in [0.2, 0.25) is 0 Å². The summed E-state index contributed by atoms with van der Waals surface area (Å²) in [5.41, 5.74) is 0.465. The first-order valence-electron chi connectivity index (χ1n) is 8.19. The van der Waals surface area contributed by atoms with Gasteiger partial charge in [-0.3, -0.25) is 4.79 Å². The van der Waals surface area contributed by atoms with Crippen molar-refractivity contribution in [3.63, 3.8) is 0 Å². The van der Waals surface area contributed by atoms with E-state index >= 15 is 0 Å². The Morgan fingerprint density at radius 3 is 2.62 bits per heavy atom. The van der Waals surface area contributed by atoms with E-state index in [0.717, 1.165) is 19.3 Å². The van der Waals surface area contributed by atoms with Crippen molar-refractivity contribution >= 4 is 15.9 Å². The van der Waals surface area contributed by atoms with Gasteiger partial charge in [0, 0.05) is 19.7 Å². The number of ether oxygens (including phenoxy) is 1. The molecule has 2 aliphatic heterocycles. The Labute approximate surface area is 142 Å². The maximum atomic E-state index is 12.6. The number of furan rings is 1. The average molecular weight is 356 g/mol. The second kappa shape index (κ2) is 6.50. The molecule has 0 aromatic carbocycles. The van der Waals surface area contributed by atoms with Gasteiger partial charge in [-0.15, -0.1) is 0 Å². The number of amides is 1. The van der Waals surface area contributed by atoms with E-state index in [9.17, 15) is 13.2 Å². The summed E-state index contributed by atoms with van der Waals surface area (Å²) in [5.74, 6) is 0.610. The first-order valence-corrected chi connectivity index (χ1v) is 10.1. The standard InChI is InChI=1S/C16H24N2O5S/c1-12-13(3-9-23-12)15(19)18-7-4-16(5-8-18)6-10-22-11-14(16)17-24(2,20)21/h3,9,14,17H,4-8,10-11H2,1-2H3/t14-/m1/s1. The summed E-state index contributed by atoms with van der Waals surface area (Å²) in [6.07, 6.45) is 5.06. The third kappa shape index (κ3) is 3.50. The summed E-state index contributed by atoms with van der Waals surface area (Å²) in [7, 11) is -3.29. The van der Waals surface area contributed by atoms with E-state index in [1.54, 1.807) is 13.0 Å². The molecule has 2 aliphatic rings. The zero-order valence-electron chi connectivity index (χ0n) is 14.1. The second-order valence-corrected chi connectivity index (χ2v) is 8.59. The normalized spacial score (nSPS) is 24.2. The average Bonchev–Trinajstić information content (AvgIpc) is 2.95. The Balaban J connectivity index is 1.70. The van der Waals surface area contributed by atoms with Crippen LogP contribution in [0.15, 0.2) is 16.7 Å². The van der Waals surface area contributed by atoms with Gasteiger partial charge >= 0.3 is 0 Å². The Morgan fingerprint density at radius 2 is 2.04 bits per heavy atom. The molecule has 3 rings (SSSR count). The lowest BCUT2D eigenvalue weighted by Gasteiger charge is -2.48. The number of rotatable bonds is 3. The molecule has 1 N–H and O–H groups in total. The lowest BCUT2D eigenvalue weighted by atomic mass is 9.69. The van der Waals surface area contributed by atoms with Crippen molar-refractivity contribution in [1.82, 2.24) is 9.62 Å². The summed E-state index contributed by atoms with van der Waals surface area (Å²) in [6.45, 7) is 4.04. The van der Waals surface area contributed by atoms with Crippen molar-refractivity contribution in [3.8, 4) is 0 Å². The Bertz CT molecular complexity index is 704. The fourth-order valence-electron chi connectivity index (χ4n) is 3.78. The molecule has 0 unspecified atom stereocenters. The van der Waals surface area contributed by atoms with Gasteiger partial charge in [0.15, 0.2) is 0 Å². The van der Waals surface area contributed by atoms with Gasteiger partial charge in [-0.25, -0.2) is 13.1 Å². The van der Waals surface area contributed by atoms with Crippen LogP contribution in [-0.4, -0.2) is 57.8 Å². The maximum absolute atomic E-state index is 12.6. The summed E-state index contributed by atoms with van der Waals surface area (Å²) < 4.78 is 36.7. The third-order valence-corrected chi connectivity index (χ3v) is 5.97. The van der Waals surface area contributed by atoms with E-state index in [-0.39, 0.29) is 17.4 Å². The molecule has 134 valence electrons. The third-order valence-electron chi connectivity index (χ3n) is 5.26. The maximum Gasteiger partial charge on any atom is 0.257 e. The molecule has 1 aromatic rings. The Morgan fingerprint density at radius 1 is 1.33 bits per heavy atom. The largest absolute Gasteiger partial charge is 0.469 e. The van der Waals surface area contributed by atoms with Gasteiger partial charge in [0.05, 0.1) is 30.7 Å². The fourth-order valence-corrected chi connectivity index (χ4v) is 4.61. The number of carbonyl (C=O) groups excluding carboxylic acids is 1. The van der Waals surface area contributed by atoms with Crippen LogP contribution in [0.5, 0.6) is 0 Å². The monoisotopic (exact) mass is 356 g/mol. The van der Waals surface area contributed by atoms with Crippen molar-refractivity contribution < 1.29 is 22.4 Å². The number of nitrogens with zero attached hydrogens (tertiary/aromatic N) is 1. The highest BCUT2D eigenvalue weighted by molar-refractivity contribution is 7.88. The van der Waals surface area contributed by atoms with Gasteiger partial charge in [-0.1, -0.05) is 0 Å². The molecule has 1 spiro atoms. The Kier molecular flexibility index (Phi) is 4.72. The van der Waals surface area contributed by atoms with Crippen LogP contribution in [-0.2, 0) is 14.8 Å². The SMILES string of the molecule is Cc1occc1C(=O)N1CCC2(CCOC[C@H]2NS(C)(=O)=O)CC1. The summed E-state index contributed by atoms with van der Waals surface area (Å²) in [4.78, 5) is 14.4. The van der Waals surface area contributed by atoms with Crippen molar-refractivity contribution in [2.45, 2.75) is 32.2 Å². The predicted octanol–water partition coefficient (Wildman–Crippen LogP) is 1.15. The van der Waals surface area contributed by atoms with Crippen LogP contribution in [0, 0.1) is 12.3 Å². The summed E-state index contributed by atoms with van der Waals surface area (Å²) >= 11 is 0. The second-order valence-electron chi connectivity index (χ2n) is 6.81. The minimum atomic E-state index is -3.29. The minimum Gasteiger partial charge on any atom is -0.469 e. The van der Waals surface area contributed by atoms with Crippen LogP contribution < -0.4 is 4.72 Å². The zero-order valence-corrected chi connectivity index (χ0v) is 14.9. The molecule has 0 saturated carbocycles. The van der Waals surface area contributed by atoms with Crippen LogP contribution in [0.1, 0.15) is 35.4 Å². The molecular formula is C16H24N2O5S. The van der Waals surface area contributed by atoms with E-state index in [1.807, 2.05) is 4.90 Å². The van der Waals surface area contributed by atoms with Gasteiger partial charge in [-0.2, -0.15) is 0 Å². The minimum absolute atomic E-state index is 0.0178. The van der Waals surface area contributed by atoms with E-state index in [2.05, 4.69) is 4.72 Å². The van der Waals surface area contributed by atoms with Crippen LogP contribution in [0.4, 0.5) is 0 Å². The zero-order chi connectivity index (χ0) is 17.4. The summed E-state index contributed by atoms with van der Waals surface area (Å²) in [5, 5.41) is 0. The van der Waals surface area contributed by atoms with Crippen LogP contribution in [0.3, 0.4) is 0 Å².